The molecule has 2 N–H and O–H groups in total. The molecule has 3 nitrogen and oxygen atoms in total. The van der Waals surface area contributed by atoms with Crippen LogP contribution in [0.1, 0.15) is 238 Å². The van der Waals surface area contributed by atoms with Crippen LogP contribution in [0.25, 0.3) is 0 Å². The highest BCUT2D eigenvalue weighted by atomic mass is 16.3. The van der Waals surface area contributed by atoms with Crippen molar-refractivity contribution in [2.45, 2.75) is 244 Å². The van der Waals surface area contributed by atoms with Crippen molar-refractivity contribution in [2.75, 3.05) is 14.2 Å². The molecule has 0 saturated heterocycles. The third-order valence-electron chi connectivity index (χ3n) is 8.06. The molecule has 0 aliphatic carbocycles. The zero-order valence-corrected chi connectivity index (χ0v) is 38.7. The highest BCUT2D eigenvalue weighted by Crippen LogP contribution is 2.23. The van der Waals surface area contributed by atoms with E-state index in [1.54, 1.807) is 6.08 Å². The highest BCUT2D eigenvalue weighted by molar-refractivity contribution is 6.12. The van der Waals surface area contributed by atoms with Gasteiger partial charge in [0.1, 0.15) is 0 Å². The zero-order valence-electron chi connectivity index (χ0n) is 38.7. The summed E-state index contributed by atoms with van der Waals surface area (Å²) in [5.74, 6) is 1.18. The number of aliphatic hydroxyl groups is 2. The third kappa shape index (κ3) is 61.2. The van der Waals surface area contributed by atoms with Crippen molar-refractivity contribution in [3.05, 3.63) is 36.5 Å². The van der Waals surface area contributed by atoms with E-state index in [1.165, 1.54) is 127 Å². The maximum absolute atomic E-state index is 9.10. The summed E-state index contributed by atoms with van der Waals surface area (Å²) in [4.78, 5) is 4.50. The SMILES string of the molecule is C=C(C(=NC)/C(=C/CCC)CC(C)CC)C(C)C.C=CC(O)CCCCCCC.CC.CC.CCC.CCCCCCCCCCCCC.CO. The van der Waals surface area contributed by atoms with Crippen molar-refractivity contribution in [3.63, 3.8) is 0 Å². The lowest BCUT2D eigenvalue weighted by atomic mass is 9.88. The Kier molecular flexibility index (Phi) is 81.0. The molecule has 0 aromatic heterocycles. The minimum absolute atomic E-state index is 0.281. The predicted octanol–water partition coefficient (Wildman–Crippen LogP) is 16.7. The molecule has 0 saturated carbocycles. The molecule has 0 fully saturated rings. The number of hydrogen-bond acceptors (Lipinski definition) is 3. The molecule has 0 aliphatic rings. The molecule has 0 aliphatic heterocycles. The zero-order chi connectivity index (χ0) is 41.1. The van der Waals surface area contributed by atoms with E-state index in [9.17, 15) is 0 Å². The number of rotatable bonds is 25. The van der Waals surface area contributed by atoms with Gasteiger partial charge in [-0.05, 0) is 42.2 Å². The molecule has 0 bridgehead atoms. The van der Waals surface area contributed by atoms with Crippen molar-refractivity contribution >= 4 is 5.71 Å². The summed E-state index contributed by atoms with van der Waals surface area (Å²) in [5.41, 5.74) is 3.70. The molecular weight excluding hydrogens is 623 g/mol. The Balaban J connectivity index is -0.000000104. The summed E-state index contributed by atoms with van der Waals surface area (Å²) in [7, 11) is 2.89. The van der Waals surface area contributed by atoms with Crippen LogP contribution in [0, 0.1) is 11.8 Å². The Morgan fingerprint density at radius 3 is 1.25 bits per heavy atom. The Morgan fingerprint density at radius 1 is 0.627 bits per heavy atom. The molecule has 0 aromatic rings. The number of allylic oxidation sites excluding steroid dienone is 3. The van der Waals surface area contributed by atoms with E-state index in [0.717, 1.165) is 38.5 Å². The van der Waals surface area contributed by atoms with E-state index >= 15 is 0 Å². The Labute approximate surface area is 326 Å². The topological polar surface area (TPSA) is 52.8 Å². The van der Waals surface area contributed by atoms with Gasteiger partial charge in [-0.2, -0.15) is 0 Å². The van der Waals surface area contributed by atoms with Crippen LogP contribution in [0.3, 0.4) is 0 Å². The second kappa shape index (κ2) is 63.8. The summed E-state index contributed by atoms with van der Waals surface area (Å²) in [6, 6.07) is 0. The minimum Gasteiger partial charge on any atom is -0.400 e. The Bertz CT molecular complexity index is 640. The maximum atomic E-state index is 9.10. The Hall–Kier alpha value is -1.19. The fraction of sp³-hybridized carbons (Fsp3) is 0.854. The highest BCUT2D eigenvalue weighted by Gasteiger charge is 2.15. The summed E-state index contributed by atoms with van der Waals surface area (Å²) in [5, 5.41) is 16.1. The monoisotopic (exact) mass is 726 g/mol. The third-order valence-corrected chi connectivity index (χ3v) is 8.06. The standard InChI is InChI=1S/C17H31N.C13H28.C10H20O.C3H8.2C2H6.CH4O/c1-8-10-11-16(12-14(5)9-2)17(18-7)15(6)13(3)4;1-3-5-7-9-11-13-12-10-8-6-4-2;1-3-5-6-7-8-9-10(11)4-2;1-3-2;3*1-2/h11,13-14H,6,8-10,12H2,1-5,7H3;3-13H2,1-2H3;4,10-11H,2-3,5-9H2,1H3;3H2,1-2H3;2*1-2H3;2H,1H3/b16-11+,18-17?;;;;;;. The van der Waals surface area contributed by atoms with Crippen LogP contribution >= 0.6 is 0 Å². The number of nitrogens with zero attached hydrogens (tertiary/aromatic N) is 1. The normalized spacial score (nSPS) is 11.5. The van der Waals surface area contributed by atoms with E-state index in [1.807, 2.05) is 34.7 Å². The van der Waals surface area contributed by atoms with Crippen LogP contribution < -0.4 is 0 Å². The molecule has 0 spiro atoms. The summed E-state index contributed by atoms with van der Waals surface area (Å²) >= 11 is 0. The van der Waals surface area contributed by atoms with Crippen LogP contribution in [0.15, 0.2) is 41.4 Å². The van der Waals surface area contributed by atoms with Gasteiger partial charge in [-0.25, -0.2) is 0 Å². The van der Waals surface area contributed by atoms with Gasteiger partial charge in [-0.3, -0.25) is 4.99 Å². The maximum Gasteiger partial charge on any atom is 0.0718 e. The van der Waals surface area contributed by atoms with Gasteiger partial charge in [0.05, 0.1) is 11.8 Å². The number of unbranched alkanes of at least 4 members (excludes halogenated alkanes) is 15. The van der Waals surface area contributed by atoms with Crippen molar-refractivity contribution < 1.29 is 10.2 Å². The number of aliphatic hydroxyl groups excluding tert-OH is 2. The van der Waals surface area contributed by atoms with E-state index in [2.05, 4.69) is 93.5 Å². The lowest BCUT2D eigenvalue weighted by Gasteiger charge is -2.18. The predicted molar refractivity (Wildman–Crippen MR) is 243 cm³/mol. The van der Waals surface area contributed by atoms with Crippen molar-refractivity contribution in [2.24, 2.45) is 16.8 Å². The van der Waals surface area contributed by atoms with E-state index in [0.29, 0.717) is 11.8 Å². The Morgan fingerprint density at radius 2 is 0.980 bits per heavy atom. The molecule has 0 amide bonds. The van der Waals surface area contributed by atoms with Gasteiger partial charge in [0, 0.05) is 14.2 Å². The molecule has 3 heteroatoms. The van der Waals surface area contributed by atoms with Gasteiger partial charge >= 0.3 is 0 Å². The first-order valence-electron chi connectivity index (χ1n) is 22.2. The second-order valence-corrected chi connectivity index (χ2v) is 13.4. The van der Waals surface area contributed by atoms with Gasteiger partial charge in [0.15, 0.2) is 0 Å². The fourth-order valence-corrected chi connectivity index (χ4v) is 4.69. The second-order valence-electron chi connectivity index (χ2n) is 13.4. The first-order valence-corrected chi connectivity index (χ1v) is 22.2. The fourth-order valence-electron chi connectivity index (χ4n) is 4.69. The van der Waals surface area contributed by atoms with Crippen LogP contribution in [0.4, 0.5) is 0 Å². The average Bonchev–Trinajstić information content (AvgIpc) is 3.16. The molecule has 2 unspecified atom stereocenters. The molecule has 2 atom stereocenters. The molecule has 0 heterocycles. The van der Waals surface area contributed by atoms with Gasteiger partial charge < -0.3 is 10.2 Å². The van der Waals surface area contributed by atoms with Crippen molar-refractivity contribution in [3.8, 4) is 0 Å². The lowest BCUT2D eigenvalue weighted by molar-refractivity contribution is 0.208. The molecule has 0 aromatic carbocycles. The van der Waals surface area contributed by atoms with E-state index in [4.69, 9.17) is 10.2 Å². The average molecular weight is 726 g/mol. The van der Waals surface area contributed by atoms with Gasteiger partial charge in [-0.1, -0.05) is 238 Å². The van der Waals surface area contributed by atoms with E-state index < -0.39 is 0 Å². The largest absolute Gasteiger partial charge is 0.400 e. The van der Waals surface area contributed by atoms with Crippen LogP contribution in [-0.2, 0) is 0 Å². The molecule has 0 rings (SSSR count). The van der Waals surface area contributed by atoms with Gasteiger partial charge in [0.2, 0.25) is 0 Å². The van der Waals surface area contributed by atoms with E-state index in [-0.39, 0.29) is 6.10 Å². The van der Waals surface area contributed by atoms with Crippen LogP contribution in [0.5, 0.6) is 0 Å². The number of hydrogen-bond donors (Lipinski definition) is 2. The summed E-state index contributed by atoms with van der Waals surface area (Å²) in [6.07, 6.45) is 32.7. The molecule has 312 valence electrons. The first-order chi connectivity index (χ1) is 24.6. The molecule has 0 radical (unpaired) electrons. The molecule has 51 heavy (non-hydrogen) atoms. The van der Waals surface area contributed by atoms with Gasteiger partial charge in [-0.15, -0.1) is 6.58 Å². The van der Waals surface area contributed by atoms with Gasteiger partial charge in [0.25, 0.3) is 0 Å². The molecular formula is C48H103NO2. The minimum atomic E-state index is -0.281. The smallest absolute Gasteiger partial charge is 0.0718 e. The van der Waals surface area contributed by atoms with Crippen molar-refractivity contribution in [1.29, 1.82) is 0 Å². The van der Waals surface area contributed by atoms with Crippen molar-refractivity contribution in [1.82, 2.24) is 0 Å². The number of aliphatic imine (C=N–C) groups is 1. The summed E-state index contributed by atoms with van der Waals surface area (Å²) < 4.78 is 0. The lowest BCUT2D eigenvalue weighted by Crippen LogP contribution is -2.13. The quantitative estimate of drug-likeness (QED) is 0.0559. The van der Waals surface area contributed by atoms with Crippen LogP contribution in [-0.4, -0.2) is 36.2 Å². The first kappa shape index (κ1) is 64.8. The summed E-state index contributed by atoms with van der Waals surface area (Å²) in [6.45, 7) is 37.9. The van der Waals surface area contributed by atoms with Crippen LogP contribution in [0.2, 0.25) is 0 Å².